The number of carbonyl (C=O) groups excluding carboxylic acids is 2. The lowest BCUT2D eigenvalue weighted by Gasteiger charge is -2.25. The van der Waals surface area contributed by atoms with E-state index >= 15 is 0 Å². The van der Waals surface area contributed by atoms with E-state index < -0.39 is 18.0 Å². The Morgan fingerprint density at radius 1 is 1.31 bits per heavy atom. The first kappa shape index (κ1) is 14.7. The van der Waals surface area contributed by atoms with Crippen molar-refractivity contribution in [3.8, 4) is 0 Å². The van der Waals surface area contributed by atoms with E-state index in [1.807, 2.05) is 13.8 Å². The van der Waals surface area contributed by atoms with Crippen molar-refractivity contribution in [2.45, 2.75) is 46.1 Å². The van der Waals surface area contributed by atoms with Crippen LogP contribution in [0.15, 0.2) is 0 Å². The molecule has 94 valence electrons. The fourth-order valence-corrected chi connectivity index (χ4v) is 1.24. The summed E-state index contributed by atoms with van der Waals surface area (Å²) >= 11 is 0. The summed E-state index contributed by atoms with van der Waals surface area (Å²) in [6.07, 6.45) is 2.54. The molecule has 16 heavy (non-hydrogen) atoms. The number of hydrogen-bond acceptors (Lipinski definition) is 3. The molecule has 0 bridgehead atoms. The minimum Gasteiger partial charge on any atom is -0.548 e. The van der Waals surface area contributed by atoms with Gasteiger partial charge < -0.3 is 20.5 Å². The third-order valence-corrected chi connectivity index (χ3v) is 2.57. The van der Waals surface area contributed by atoms with Gasteiger partial charge in [0.1, 0.15) is 0 Å². The standard InChI is InChI=1S/C11H22N2O3/c1-4-6-7-12-11(16)13-9(10(14)15)8(3)5-2/h8-9H,4-7H2,1-3H3,(H,14,15)(H2,12,13,16)/p-1/t8-,9+/m1/s1. The number of carboxylic acid groups (broad SMARTS) is 1. The summed E-state index contributed by atoms with van der Waals surface area (Å²) in [5, 5.41) is 15.8. The Balaban J connectivity index is 4.09. The van der Waals surface area contributed by atoms with Gasteiger partial charge in [-0.1, -0.05) is 33.6 Å². The van der Waals surface area contributed by atoms with Crippen molar-refractivity contribution in [1.82, 2.24) is 10.6 Å². The number of aliphatic carboxylic acids is 1. The van der Waals surface area contributed by atoms with Gasteiger partial charge in [0.15, 0.2) is 0 Å². The maximum atomic E-state index is 11.3. The second-order valence-corrected chi connectivity index (χ2v) is 3.94. The molecule has 2 amide bonds. The molecule has 5 nitrogen and oxygen atoms in total. The zero-order chi connectivity index (χ0) is 12.6. The average molecular weight is 229 g/mol. The minimum absolute atomic E-state index is 0.137. The fourth-order valence-electron chi connectivity index (χ4n) is 1.24. The highest BCUT2D eigenvalue weighted by atomic mass is 16.4. The second-order valence-electron chi connectivity index (χ2n) is 3.94. The lowest BCUT2D eigenvalue weighted by Crippen LogP contribution is -2.54. The van der Waals surface area contributed by atoms with Gasteiger partial charge in [0.05, 0.1) is 12.0 Å². The summed E-state index contributed by atoms with van der Waals surface area (Å²) in [4.78, 5) is 22.2. The van der Waals surface area contributed by atoms with Crippen LogP contribution in [0, 0.1) is 5.92 Å². The van der Waals surface area contributed by atoms with Gasteiger partial charge in [-0.2, -0.15) is 0 Å². The normalized spacial score (nSPS) is 13.9. The largest absolute Gasteiger partial charge is 0.548 e. The molecule has 0 spiro atoms. The van der Waals surface area contributed by atoms with Crippen molar-refractivity contribution >= 4 is 12.0 Å². The van der Waals surface area contributed by atoms with Crippen LogP contribution in [0.4, 0.5) is 4.79 Å². The SMILES string of the molecule is CCCCNC(=O)N[C@H](C(=O)[O-])[C@H](C)CC. The van der Waals surface area contributed by atoms with Gasteiger partial charge in [-0.25, -0.2) is 4.79 Å². The van der Waals surface area contributed by atoms with Crippen LogP contribution in [0.1, 0.15) is 40.0 Å². The summed E-state index contributed by atoms with van der Waals surface area (Å²) in [6.45, 7) is 6.22. The van der Waals surface area contributed by atoms with Crippen molar-refractivity contribution in [3.63, 3.8) is 0 Å². The first-order valence-corrected chi connectivity index (χ1v) is 5.78. The van der Waals surface area contributed by atoms with E-state index in [2.05, 4.69) is 10.6 Å². The van der Waals surface area contributed by atoms with Gasteiger partial charge >= 0.3 is 6.03 Å². The van der Waals surface area contributed by atoms with Crippen molar-refractivity contribution in [2.75, 3.05) is 6.54 Å². The Kier molecular flexibility index (Phi) is 7.33. The molecule has 0 radical (unpaired) electrons. The summed E-state index contributed by atoms with van der Waals surface area (Å²) in [7, 11) is 0. The fraction of sp³-hybridized carbons (Fsp3) is 0.818. The number of urea groups is 1. The summed E-state index contributed by atoms with van der Waals surface area (Å²) in [5.41, 5.74) is 0. The number of nitrogens with one attached hydrogen (secondary N) is 2. The number of rotatable bonds is 7. The first-order chi connectivity index (χ1) is 7.52. The molecule has 0 saturated heterocycles. The molecule has 2 atom stereocenters. The van der Waals surface area contributed by atoms with Gasteiger partial charge in [-0.05, 0) is 12.3 Å². The molecule has 0 aromatic rings. The highest BCUT2D eigenvalue weighted by molar-refractivity contribution is 5.81. The number of amides is 2. The third kappa shape index (κ3) is 5.58. The van der Waals surface area contributed by atoms with Crippen molar-refractivity contribution < 1.29 is 14.7 Å². The van der Waals surface area contributed by atoms with E-state index in [0.717, 1.165) is 12.8 Å². The lowest BCUT2D eigenvalue weighted by molar-refractivity contribution is -0.309. The molecule has 0 aromatic heterocycles. The third-order valence-electron chi connectivity index (χ3n) is 2.57. The van der Waals surface area contributed by atoms with Crippen molar-refractivity contribution in [1.29, 1.82) is 0 Å². The molecule has 5 heteroatoms. The Hall–Kier alpha value is -1.26. The van der Waals surface area contributed by atoms with E-state index in [1.54, 1.807) is 6.92 Å². The Bertz CT molecular complexity index is 231. The van der Waals surface area contributed by atoms with E-state index in [1.165, 1.54) is 0 Å². The van der Waals surface area contributed by atoms with Gasteiger partial charge in [0, 0.05) is 6.54 Å². The molecule has 0 unspecified atom stereocenters. The lowest BCUT2D eigenvalue weighted by atomic mass is 9.99. The van der Waals surface area contributed by atoms with Crippen molar-refractivity contribution in [2.24, 2.45) is 5.92 Å². The molecule has 2 N–H and O–H groups in total. The smallest absolute Gasteiger partial charge is 0.315 e. The van der Waals surface area contributed by atoms with Crippen LogP contribution in [-0.4, -0.2) is 24.6 Å². The topological polar surface area (TPSA) is 81.3 Å². The van der Waals surface area contributed by atoms with Crippen LogP contribution in [0.2, 0.25) is 0 Å². The monoisotopic (exact) mass is 229 g/mol. The minimum atomic E-state index is -1.24. The Morgan fingerprint density at radius 2 is 1.94 bits per heavy atom. The molecular weight excluding hydrogens is 208 g/mol. The Morgan fingerprint density at radius 3 is 2.38 bits per heavy atom. The maximum Gasteiger partial charge on any atom is 0.315 e. The molecule has 0 rings (SSSR count). The van der Waals surface area contributed by atoms with Gasteiger partial charge in [0.2, 0.25) is 0 Å². The summed E-state index contributed by atoms with van der Waals surface area (Å²) in [5.74, 6) is -1.37. The van der Waals surface area contributed by atoms with E-state index in [-0.39, 0.29) is 5.92 Å². The molecule has 0 fully saturated rings. The average Bonchev–Trinajstić information content (AvgIpc) is 2.25. The molecule has 0 heterocycles. The van der Waals surface area contributed by atoms with Crippen LogP contribution < -0.4 is 15.7 Å². The van der Waals surface area contributed by atoms with Crippen LogP contribution in [0.3, 0.4) is 0 Å². The Labute approximate surface area is 96.6 Å². The number of unbranched alkanes of at least 4 members (excludes halogenated alkanes) is 1. The zero-order valence-corrected chi connectivity index (χ0v) is 10.2. The van der Waals surface area contributed by atoms with E-state index in [4.69, 9.17) is 0 Å². The highest BCUT2D eigenvalue weighted by Crippen LogP contribution is 2.06. The molecule has 0 aromatic carbocycles. The number of carboxylic acids is 1. The first-order valence-electron chi connectivity index (χ1n) is 5.78. The van der Waals surface area contributed by atoms with Gasteiger partial charge in [-0.3, -0.25) is 0 Å². The van der Waals surface area contributed by atoms with Crippen LogP contribution in [0.25, 0.3) is 0 Å². The molecular formula is C11H21N2O3-. The summed E-state index contributed by atoms with van der Waals surface area (Å²) < 4.78 is 0. The molecule has 0 aliphatic carbocycles. The molecule has 0 saturated carbocycles. The van der Waals surface area contributed by atoms with Crippen LogP contribution >= 0.6 is 0 Å². The van der Waals surface area contributed by atoms with Crippen LogP contribution in [-0.2, 0) is 4.79 Å². The highest BCUT2D eigenvalue weighted by Gasteiger charge is 2.18. The zero-order valence-electron chi connectivity index (χ0n) is 10.2. The van der Waals surface area contributed by atoms with E-state index in [0.29, 0.717) is 13.0 Å². The maximum absolute atomic E-state index is 11.3. The predicted octanol–water partition coefficient (Wildman–Crippen LogP) is 0.250. The number of hydrogen-bond donors (Lipinski definition) is 2. The van der Waals surface area contributed by atoms with Crippen LogP contribution in [0.5, 0.6) is 0 Å². The predicted molar refractivity (Wildman–Crippen MR) is 59.7 cm³/mol. The quantitative estimate of drug-likeness (QED) is 0.614. The second kappa shape index (κ2) is 7.96. The summed E-state index contributed by atoms with van der Waals surface area (Å²) in [6, 6.07) is -1.37. The molecule has 0 aliphatic rings. The molecule has 0 aliphatic heterocycles. The van der Waals surface area contributed by atoms with Gasteiger partial charge in [-0.15, -0.1) is 0 Å². The van der Waals surface area contributed by atoms with E-state index in [9.17, 15) is 14.7 Å². The van der Waals surface area contributed by atoms with Gasteiger partial charge in [0.25, 0.3) is 0 Å². The van der Waals surface area contributed by atoms with Crippen molar-refractivity contribution in [3.05, 3.63) is 0 Å². The number of carbonyl (C=O) groups is 2.